The Hall–Kier alpha value is -1.68. The van der Waals surface area contributed by atoms with E-state index < -0.39 is 10.0 Å². The van der Waals surface area contributed by atoms with Crippen LogP contribution in [0, 0.1) is 5.92 Å². The number of hydrogen-bond acceptors (Lipinski definition) is 6. The van der Waals surface area contributed by atoms with E-state index in [0.717, 1.165) is 25.7 Å². The van der Waals surface area contributed by atoms with E-state index in [1.165, 1.54) is 21.8 Å². The van der Waals surface area contributed by atoms with Gasteiger partial charge in [-0.3, -0.25) is 14.6 Å². The summed E-state index contributed by atoms with van der Waals surface area (Å²) in [5.41, 5.74) is 0. The highest BCUT2D eigenvalue weighted by Crippen LogP contribution is 2.24. The van der Waals surface area contributed by atoms with Gasteiger partial charge in [-0.15, -0.1) is 0 Å². The Morgan fingerprint density at radius 3 is 2.54 bits per heavy atom. The van der Waals surface area contributed by atoms with Crippen LogP contribution in [0.4, 0.5) is 5.88 Å². The minimum absolute atomic E-state index is 0.0140. The van der Waals surface area contributed by atoms with Crippen LogP contribution >= 0.6 is 0 Å². The van der Waals surface area contributed by atoms with E-state index in [-0.39, 0.29) is 11.8 Å². The molecule has 1 saturated heterocycles. The maximum absolute atomic E-state index is 12.2. The van der Waals surface area contributed by atoms with Crippen molar-refractivity contribution >= 4 is 21.8 Å². The first-order valence-electron chi connectivity index (χ1n) is 8.33. The molecule has 1 aromatic heterocycles. The van der Waals surface area contributed by atoms with E-state index in [1.54, 1.807) is 6.20 Å². The van der Waals surface area contributed by atoms with Gasteiger partial charge in [0.05, 0.1) is 24.1 Å². The Balaban J connectivity index is 1.55. The van der Waals surface area contributed by atoms with E-state index in [2.05, 4.69) is 10.6 Å². The van der Waals surface area contributed by atoms with Crippen LogP contribution in [0.1, 0.15) is 32.1 Å². The predicted molar refractivity (Wildman–Crippen MR) is 86.3 cm³/mol. The molecule has 1 aliphatic heterocycles. The van der Waals surface area contributed by atoms with Crippen LogP contribution in [0.3, 0.4) is 0 Å². The van der Waals surface area contributed by atoms with Gasteiger partial charge in [0.15, 0.2) is 0 Å². The molecule has 134 valence electrons. The molecule has 0 spiro atoms. The van der Waals surface area contributed by atoms with Crippen molar-refractivity contribution < 1.29 is 22.5 Å². The van der Waals surface area contributed by atoms with Crippen molar-refractivity contribution in [1.29, 1.82) is 0 Å². The maximum atomic E-state index is 12.2. The molecule has 10 heteroatoms. The fourth-order valence-corrected chi connectivity index (χ4v) is 4.06. The molecule has 9 nitrogen and oxygen atoms in total. The van der Waals surface area contributed by atoms with Gasteiger partial charge in [-0.05, 0) is 12.8 Å². The fraction of sp³-hybridized carbons (Fsp3) is 0.786. The molecular formula is C14H24N5O4S+. The number of nitrogens with zero attached hydrogens (tertiary/aromatic N) is 4. The largest absolute Gasteiger partial charge is 0.305 e. The zero-order valence-corrected chi connectivity index (χ0v) is 14.7. The number of sulfonamides is 1. The third kappa shape index (κ3) is 4.04. The summed E-state index contributed by atoms with van der Waals surface area (Å²) >= 11 is 0. The number of aromatic nitrogens is 2. The van der Waals surface area contributed by atoms with Gasteiger partial charge >= 0.3 is 5.88 Å². The Morgan fingerprint density at radius 2 is 1.92 bits per heavy atom. The van der Waals surface area contributed by atoms with E-state index in [0.29, 0.717) is 32.1 Å². The molecule has 0 unspecified atom stereocenters. The second kappa shape index (κ2) is 7.06. The van der Waals surface area contributed by atoms with Crippen LogP contribution in [0.25, 0.3) is 0 Å². The third-order valence-corrected chi connectivity index (χ3v) is 5.95. The van der Waals surface area contributed by atoms with E-state index >= 15 is 0 Å². The summed E-state index contributed by atoms with van der Waals surface area (Å²) < 4.78 is 29.7. The van der Waals surface area contributed by atoms with Crippen molar-refractivity contribution in [3.8, 4) is 0 Å². The summed E-state index contributed by atoms with van der Waals surface area (Å²) in [6.07, 6.45) is 8.08. The monoisotopic (exact) mass is 358 g/mol. The van der Waals surface area contributed by atoms with Crippen LogP contribution in [-0.4, -0.2) is 56.3 Å². The molecule has 0 aromatic carbocycles. The standard InChI is InChI=1S/C14H23N5O4S/c1-24(21,22)18-9-7-17(8-10-18)19-11-13(23-16-19)15-14(20)12-5-3-2-4-6-12/h11-12H,2-10H2,1H3/p+1. The lowest BCUT2D eigenvalue weighted by Gasteiger charge is -2.27. The summed E-state index contributed by atoms with van der Waals surface area (Å²) in [4.78, 5) is 13.7. The van der Waals surface area contributed by atoms with Gasteiger partial charge in [0, 0.05) is 19.0 Å². The highest BCUT2D eigenvalue weighted by atomic mass is 32.2. The number of carbonyl (C=O) groups is 1. The Bertz CT molecular complexity index is 675. The molecular weight excluding hydrogens is 334 g/mol. The minimum atomic E-state index is -3.16. The van der Waals surface area contributed by atoms with Gasteiger partial charge in [-0.25, -0.2) is 8.42 Å². The minimum Gasteiger partial charge on any atom is -0.289 e. The lowest BCUT2D eigenvalue weighted by atomic mass is 9.89. The molecule has 0 bridgehead atoms. The zero-order chi connectivity index (χ0) is 17.2. The number of carbonyl (C=O) groups excluding carboxylic acids is 1. The van der Waals surface area contributed by atoms with E-state index in [9.17, 15) is 13.2 Å². The molecule has 1 amide bonds. The van der Waals surface area contributed by atoms with Crippen LogP contribution < -0.4 is 15.1 Å². The lowest BCUT2D eigenvalue weighted by molar-refractivity contribution is -0.759. The van der Waals surface area contributed by atoms with E-state index in [4.69, 9.17) is 4.52 Å². The Kier molecular flexibility index (Phi) is 5.04. The number of anilines is 1. The summed E-state index contributed by atoms with van der Waals surface area (Å²) in [5.74, 6) is 0.353. The molecule has 3 rings (SSSR count). The van der Waals surface area contributed by atoms with Gasteiger partial charge in [0.2, 0.25) is 21.2 Å². The molecule has 2 heterocycles. The van der Waals surface area contributed by atoms with Gasteiger partial charge in [0.1, 0.15) is 0 Å². The van der Waals surface area contributed by atoms with Crippen LogP contribution in [-0.2, 0) is 14.8 Å². The van der Waals surface area contributed by atoms with Crippen molar-refractivity contribution in [1.82, 2.24) is 9.58 Å². The quantitative estimate of drug-likeness (QED) is 0.742. The first-order valence-corrected chi connectivity index (χ1v) is 10.2. The van der Waals surface area contributed by atoms with Crippen LogP contribution in [0.5, 0.6) is 0 Å². The summed E-state index contributed by atoms with van der Waals surface area (Å²) in [5, 5.41) is 8.57. The topological polar surface area (TPSA) is 99.6 Å². The average molecular weight is 358 g/mol. The molecule has 0 radical (unpaired) electrons. The fourth-order valence-electron chi connectivity index (χ4n) is 3.23. The number of nitrogens with one attached hydrogen (secondary N) is 1. The number of hydrogen-bond donors (Lipinski definition) is 1. The Morgan fingerprint density at radius 1 is 1.25 bits per heavy atom. The molecule has 2 fully saturated rings. The normalized spacial score (nSPS) is 21.0. The predicted octanol–water partition coefficient (Wildman–Crippen LogP) is -0.306. The van der Waals surface area contributed by atoms with Crippen molar-refractivity contribution in [3.05, 3.63) is 6.20 Å². The molecule has 0 atom stereocenters. The first kappa shape index (κ1) is 17.2. The van der Waals surface area contributed by atoms with Crippen molar-refractivity contribution in [2.45, 2.75) is 32.1 Å². The van der Waals surface area contributed by atoms with Gasteiger partial charge in [-0.2, -0.15) is 9.31 Å². The van der Waals surface area contributed by atoms with Crippen LogP contribution in [0.2, 0.25) is 0 Å². The highest BCUT2D eigenvalue weighted by molar-refractivity contribution is 7.88. The van der Waals surface area contributed by atoms with Crippen LogP contribution in [0.15, 0.2) is 10.7 Å². The first-order chi connectivity index (χ1) is 11.4. The van der Waals surface area contributed by atoms with Crippen molar-refractivity contribution in [2.75, 3.05) is 42.8 Å². The molecule has 2 aliphatic rings. The van der Waals surface area contributed by atoms with Crippen molar-refractivity contribution in [3.63, 3.8) is 0 Å². The van der Waals surface area contributed by atoms with Gasteiger partial charge in [0.25, 0.3) is 6.20 Å². The molecule has 1 N–H and O–H groups in total. The van der Waals surface area contributed by atoms with Crippen molar-refractivity contribution in [2.24, 2.45) is 5.92 Å². The number of amides is 1. The van der Waals surface area contributed by atoms with E-state index in [1.807, 2.05) is 5.01 Å². The maximum Gasteiger partial charge on any atom is 0.305 e. The SMILES string of the molecule is CS(=O)(=O)N1CCN([n+]2cc(NC(=O)C3CCCCC3)on2)CC1. The second-order valence-electron chi connectivity index (χ2n) is 6.43. The van der Waals surface area contributed by atoms with Gasteiger partial charge in [-0.1, -0.05) is 19.3 Å². The molecule has 1 aliphatic carbocycles. The summed E-state index contributed by atoms with van der Waals surface area (Å²) in [7, 11) is -3.16. The highest BCUT2D eigenvalue weighted by Gasteiger charge is 2.30. The van der Waals surface area contributed by atoms with Gasteiger partial charge < -0.3 is 0 Å². The zero-order valence-electron chi connectivity index (χ0n) is 13.8. The lowest BCUT2D eigenvalue weighted by Crippen LogP contribution is -2.65. The molecule has 1 aromatic rings. The Labute approximate surface area is 141 Å². The third-order valence-electron chi connectivity index (χ3n) is 4.65. The molecule has 1 saturated carbocycles. The summed E-state index contributed by atoms with van der Waals surface area (Å²) in [6.45, 7) is 1.84. The smallest absolute Gasteiger partial charge is 0.289 e. The number of piperazine rings is 1. The number of rotatable bonds is 4. The second-order valence-corrected chi connectivity index (χ2v) is 8.41. The average Bonchev–Trinajstić information content (AvgIpc) is 3.03. The molecule has 24 heavy (non-hydrogen) atoms. The summed E-state index contributed by atoms with van der Waals surface area (Å²) in [6, 6.07) is 0.